The zero-order valence-corrected chi connectivity index (χ0v) is 9.36. The molecule has 0 bridgehead atoms. The second-order valence-electron chi connectivity index (χ2n) is 4.42. The van der Waals surface area contributed by atoms with E-state index in [0.717, 1.165) is 30.4 Å². The molecule has 0 spiro atoms. The number of carboxylic acids is 1. The van der Waals surface area contributed by atoms with E-state index in [1.54, 1.807) is 18.2 Å². The molecule has 0 fully saturated rings. The summed E-state index contributed by atoms with van der Waals surface area (Å²) in [7, 11) is 0. The first kappa shape index (κ1) is 11.1. The van der Waals surface area contributed by atoms with Crippen molar-refractivity contribution < 1.29 is 15.0 Å². The summed E-state index contributed by atoms with van der Waals surface area (Å²) in [5, 5.41) is 19.3. The van der Waals surface area contributed by atoms with Crippen molar-refractivity contribution in [2.75, 3.05) is 0 Å². The van der Waals surface area contributed by atoms with E-state index in [0.29, 0.717) is 12.0 Å². The molecule has 0 heterocycles. The van der Waals surface area contributed by atoms with Crippen LogP contribution in [-0.4, -0.2) is 16.2 Å². The monoisotopic (exact) mass is 220 g/mol. The average Bonchev–Trinajstić information content (AvgIpc) is 2.29. The standard InChI is InChI=1S/C13H16O3/c1-2-13(16)7-3-4-9-8-10(12(14)15)5-6-11(9)13/h5-6,8,16H,2-4,7H2,1H3,(H,14,15). The van der Waals surface area contributed by atoms with Crippen molar-refractivity contribution in [3.63, 3.8) is 0 Å². The molecule has 86 valence electrons. The molecular weight excluding hydrogens is 204 g/mol. The highest BCUT2D eigenvalue weighted by atomic mass is 16.4. The Morgan fingerprint density at radius 1 is 1.50 bits per heavy atom. The molecule has 3 nitrogen and oxygen atoms in total. The van der Waals surface area contributed by atoms with Crippen molar-refractivity contribution in [1.29, 1.82) is 0 Å². The number of carboxylic acid groups (broad SMARTS) is 1. The quantitative estimate of drug-likeness (QED) is 0.804. The molecular formula is C13H16O3. The van der Waals surface area contributed by atoms with Gasteiger partial charge in [-0.25, -0.2) is 4.79 Å². The molecule has 0 aromatic heterocycles. The van der Waals surface area contributed by atoms with Gasteiger partial charge in [-0.1, -0.05) is 13.0 Å². The van der Waals surface area contributed by atoms with Crippen LogP contribution in [0.25, 0.3) is 0 Å². The highest BCUT2D eigenvalue weighted by Crippen LogP contribution is 2.37. The molecule has 1 aliphatic carbocycles. The van der Waals surface area contributed by atoms with Crippen molar-refractivity contribution in [1.82, 2.24) is 0 Å². The van der Waals surface area contributed by atoms with Gasteiger partial charge in [0.25, 0.3) is 0 Å². The van der Waals surface area contributed by atoms with E-state index in [4.69, 9.17) is 5.11 Å². The van der Waals surface area contributed by atoms with Gasteiger partial charge in [0.05, 0.1) is 11.2 Å². The molecule has 2 rings (SSSR count). The van der Waals surface area contributed by atoms with Crippen molar-refractivity contribution in [3.8, 4) is 0 Å². The zero-order valence-electron chi connectivity index (χ0n) is 9.36. The molecule has 1 atom stereocenters. The maximum absolute atomic E-state index is 10.9. The third kappa shape index (κ3) is 1.71. The number of carbonyl (C=O) groups is 1. The number of hydrogen-bond donors (Lipinski definition) is 2. The summed E-state index contributed by atoms with van der Waals surface area (Å²) in [4.78, 5) is 10.9. The van der Waals surface area contributed by atoms with Crippen molar-refractivity contribution in [2.24, 2.45) is 0 Å². The van der Waals surface area contributed by atoms with Gasteiger partial charge in [-0.2, -0.15) is 0 Å². The Hall–Kier alpha value is -1.35. The molecule has 0 aliphatic heterocycles. The lowest BCUT2D eigenvalue weighted by molar-refractivity contribution is 0.0148. The maximum Gasteiger partial charge on any atom is 0.335 e. The number of fused-ring (bicyclic) bond motifs is 1. The van der Waals surface area contributed by atoms with Crippen LogP contribution in [0.5, 0.6) is 0 Å². The Bertz CT molecular complexity index is 425. The predicted octanol–water partition coefficient (Wildman–Crippen LogP) is 2.32. The van der Waals surface area contributed by atoms with Crippen molar-refractivity contribution in [2.45, 2.75) is 38.2 Å². The molecule has 1 aliphatic rings. The molecule has 0 saturated carbocycles. The Morgan fingerprint density at radius 3 is 2.88 bits per heavy atom. The largest absolute Gasteiger partial charge is 0.478 e. The number of aryl methyl sites for hydroxylation is 1. The lowest BCUT2D eigenvalue weighted by Crippen LogP contribution is -2.29. The van der Waals surface area contributed by atoms with Gasteiger partial charge in [-0.05, 0) is 48.9 Å². The van der Waals surface area contributed by atoms with Crippen LogP contribution in [0.3, 0.4) is 0 Å². The first-order chi connectivity index (χ1) is 7.57. The van der Waals surface area contributed by atoms with Crippen LogP contribution in [-0.2, 0) is 12.0 Å². The summed E-state index contributed by atoms with van der Waals surface area (Å²) < 4.78 is 0. The Kier molecular flexibility index (Phi) is 2.72. The van der Waals surface area contributed by atoms with Crippen LogP contribution in [0.1, 0.15) is 47.7 Å². The molecule has 2 N–H and O–H groups in total. The minimum absolute atomic E-state index is 0.305. The third-order valence-corrected chi connectivity index (χ3v) is 3.47. The molecule has 3 heteroatoms. The molecule has 0 saturated heterocycles. The summed E-state index contributed by atoms with van der Waals surface area (Å²) in [5.41, 5.74) is 1.44. The minimum atomic E-state index is -0.909. The van der Waals surface area contributed by atoms with Gasteiger partial charge in [-0.15, -0.1) is 0 Å². The summed E-state index contributed by atoms with van der Waals surface area (Å²) in [5.74, 6) is -0.909. The van der Waals surface area contributed by atoms with Gasteiger partial charge in [0.2, 0.25) is 0 Å². The number of benzene rings is 1. The highest BCUT2D eigenvalue weighted by molar-refractivity contribution is 5.88. The normalized spacial score (nSPS) is 23.9. The van der Waals surface area contributed by atoms with Gasteiger partial charge in [0.15, 0.2) is 0 Å². The summed E-state index contributed by atoms with van der Waals surface area (Å²) in [6, 6.07) is 5.03. The second-order valence-corrected chi connectivity index (χ2v) is 4.42. The van der Waals surface area contributed by atoms with Crippen LogP contribution in [0.15, 0.2) is 18.2 Å². The molecule has 0 radical (unpaired) electrons. The summed E-state index contributed by atoms with van der Waals surface area (Å²) in [6.45, 7) is 1.96. The lowest BCUT2D eigenvalue weighted by Gasteiger charge is -2.33. The van der Waals surface area contributed by atoms with Gasteiger partial charge < -0.3 is 10.2 Å². The fraction of sp³-hybridized carbons (Fsp3) is 0.462. The summed E-state index contributed by atoms with van der Waals surface area (Å²) in [6.07, 6.45) is 3.22. The first-order valence-corrected chi connectivity index (χ1v) is 5.66. The molecule has 1 aromatic rings. The van der Waals surface area contributed by atoms with Crippen LogP contribution in [0.2, 0.25) is 0 Å². The fourth-order valence-electron chi connectivity index (χ4n) is 2.46. The van der Waals surface area contributed by atoms with E-state index in [1.807, 2.05) is 6.92 Å². The van der Waals surface area contributed by atoms with Crippen LogP contribution < -0.4 is 0 Å². The van der Waals surface area contributed by atoms with Crippen LogP contribution in [0.4, 0.5) is 0 Å². The first-order valence-electron chi connectivity index (χ1n) is 5.66. The zero-order chi connectivity index (χ0) is 11.8. The van der Waals surface area contributed by atoms with E-state index in [2.05, 4.69) is 0 Å². The van der Waals surface area contributed by atoms with E-state index >= 15 is 0 Å². The predicted molar refractivity (Wildman–Crippen MR) is 60.5 cm³/mol. The maximum atomic E-state index is 10.9. The van der Waals surface area contributed by atoms with E-state index < -0.39 is 11.6 Å². The number of aromatic carboxylic acids is 1. The topological polar surface area (TPSA) is 57.5 Å². The SMILES string of the molecule is CCC1(O)CCCc2cc(C(=O)O)ccc21. The average molecular weight is 220 g/mol. The van der Waals surface area contributed by atoms with Gasteiger partial charge in [0.1, 0.15) is 0 Å². The number of rotatable bonds is 2. The third-order valence-electron chi connectivity index (χ3n) is 3.47. The highest BCUT2D eigenvalue weighted by Gasteiger charge is 2.32. The molecule has 1 aromatic carbocycles. The van der Waals surface area contributed by atoms with Gasteiger partial charge in [0, 0.05) is 0 Å². The van der Waals surface area contributed by atoms with E-state index in [9.17, 15) is 9.90 Å². The second kappa shape index (κ2) is 3.91. The van der Waals surface area contributed by atoms with Crippen molar-refractivity contribution >= 4 is 5.97 Å². The molecule has 16 heavy (non-hydrogen) atoms. The Morgan fingerprint density at radius 2 is 2.25 bits per heavy atom. The van der Waals surface area contributed by atoms with Crippen molar-refractivity contribution in [3.05, 3.63) is 34.9 Å². The number of hydrogen-bond acceptors (Lipinski definition) is 2. The molecule has 1 unspecified atom stereocenters. The molecule has 0 amide bonds. The Balaban J connectivity index is 2.49. The Labute approximate surface area is 94.7 Å². The number of aliphatic hydroxyl groups is 1. The van der Waals surface area contributed by atoms with Gasteiger partial charge >= 0.3 is 5.97 Å². The smallest absolute Gasteiger partial charge is 0.335 e. The lowest BCUT2D eigenvalue weighted by atomic mass is 9.77. The summed E-state index contributed by atoms with van der Waals surface area (Å²) >= 11 is 0. The van der Waals surface area contributed by atoms with Crippen LogP contribution in [0, 0.1) is 0 Å². The van der Waals surface area contributed by atoms with Crippen LogP contribution >= 0.6 is 0 Å². The van der Waals surface area contributed by atoms with Gasteiger partial charge in [-0.3, -0.25) is 0 Å². The minimum Gasteiger partial charge on any atom is -0.478 e. The van der Waals surface area contributed by atoms with E-state index in [-0.39, 0.29) is 0 Å². The fourth-order valence-corrected chi connectivity index (χ4v) is 2.46. The van der Waals surface area contributed by atoms with E-state index in [1.165, 1.54) is 0 Å².